The zero-order valence-electron chi connectivity index (χ0n) is 20.3. The molecular weight excluding hydrogens is 506 g/mol. The van der Waals surface area contributed by atoms with Gasteiger partial charge in [-0.2, -0.15) is 5.26 Å². The highest BCUT2D eigenvalue weighted by Crippen LogP contribution is 2.33. The maximum Gasteiger partial charge on any atom is 0.267 e. The van der Waals surface area contributed by atoms with Gasteiger partial charge in [-0.1, -0.05) is 23.7 Å². The number of benzene rings is 1. The summed E-state index contributed by atoms with van der Waals surface area (Å²) in [5.74, 6) is -0.644. The molecule has 0 bridgehead atoms. The van der Waals surface area contributed by atoms with E-state index in [2.05, 4.69) is 16.0 Å². The van der Waals surface area contributed by atoms with Crippen molar-refractivity contribution in [2.24, 2.45) is 5.73 Å². The van der Waals surface area contributed by atoms with E-state index in [1.807, 2.05) is 6.07 Å². The number of methoxy groups -OCH3 is 1. The van der Waals surface area contributed by atoms with Crippen LogP contribution in [0.2, 0.25) is 5.02 Å². The normalized spacial score (nSPS) is 11.4. The minimum atomic E-state index is -0.903. The first-order valence-electron chi connectivity index (χ1n) is 11.5. The number of nitrogens with zero attached hydrogens (tertiary/aromatic N) is 4. The molecule has 4 aromatic rings. The van der Waals surface area contributed by atoms with Crippen LogP contribution in [0, 0.1) is 11.3 Å². The summed E-state index contributed by atoms with van der Waals surface area (Å²) in [5, 5.41) is 9.97. The molecule has 0 saturated heterocycles. The summed E-state index contributed by atoms with van der Waals surface area (Å²) < 4.78 is 6.90. The molecule has 38 heavy (non-hydrogen) atoms. The van der Waals surface area contributed by atoms with Gasteiger partial charge in [0.25, 0.3) is 11.5 Å². The SMILES string of the molecule is COc1cn(C(Cc2cccnc2)C(=O)Cc2ccc(C(N)=O)nc2)c(=O)cc1-c1cc(Cl)ccc1C#N. The second-order valence-electron chi connectivity index (χ2n) is 8.44. The summed E-state index contributed by atoms with van der Waals surface area (Å²) in [5.41, 5.74) is 7.33. The molecule has 190 valence electrons. The number of Topliss-reactive ketones (excluding diaryl/α,β-unsaturated/α-hetero) is 1. The van der Waals surface area contributed by atoms with Gasteiger partial charge in [-0.3, -0.25) is 24.4 Å². The van der Waals surface area contributed by atoms with Crippen molar-refractivity contribution in [3.8, 4) is 22.9 Å². The minimum absolute atomic E-state index is 0.0413. The zero-order chi connectivity index (χ0) is 27.2. The van der Waals surface area contributed by atoms with Gasteiger partial charge in [0.05, 0.1) is 31.0 Å². The number of hydrogen-bond donors (Lipinski definition) is 1. The average Bonchev–Trinajstić information content (AvgIpc) is 2.92. The summed E-state index contributed by atoms with van der Waals surface area (Å²) in [4.78, 5) is 46.5. The Morgan fingerprint density at radius 3 is 2.58 bits per heavy atom. The average molecular weight is 528 g/mol. The summed E-state index contributed by atoms with van der Waals surface area (Å²) in [7, 11) is 1.44. The minimum Gasteiger partial charge on any atom is -0.495 e. The smallest absolute Gasteiger partial charge is 0.267 e. The van der Waals surface area contributed by atoms with Crippen LogP contribution >= 0.6 is 11.6 Å². The Balaban J connectivity index is 1.78. The van der Waals surface area contributed by atoms with Crippen molar-refractivity contribution in [3.63, 3.8) is 0 Å². The largest absolute Gasteiger partial charge is 0.495 e. The molecular formula is C28H22ClN5O4. The van der Waals surface area contributed by atoms with Crippen molar-refractivity contribution in [2.45, 2.75) is 18.9 Å². The molecule has 10 heteroatoms. The van der Waals surface area contributed by atoms with Crippen LogP contribution in [0.15, 0.2) is 78.1 Å². The first-order valence-corrected chi connectivity index (χ1v) is 11.8. The number of ketones is 1. The summed E-state index contributed by atoms with van der Waals surface area (Å²) in [6.07, 6.45) is 6.28. The zero-order valence-corrected chi connectivity index (χ0v) is 21.1. The van der Waals surface area contributed by atoms with Crippen LogP contribution in [-0.4, -0.2) is 33.3 Å². The second-order valence-corrected chi connectivity index (χ2v) is 8.88. The van der Waals surface area contributed by atoms with E-state index in [0.29, 0.717) is 33.0 Å². The van der Waals surface area contributed by atoms with Crippen molar-refractivity contribution < 1.29 is 14.3 Å². The Labute approximate surface area is 223 Å². The van der Waals surface area contributed by atoms with Crippen LogP contribution in [0.4, 0.5) is 0 Å². The molecule has 0 aliphatic carbocycles. The highest BCUT2D eigenvalue weighted by Gasteiger charge is 2.25. The molecule has 1 atom stereocenters. The third kappa shape index (κ3) is 5.77. The van der Waals surface area contributed by atoms with Crippen LogP contribution < -0.4 is 16.0 Å². The molecule has 3 aromatic heterocycles. The first kappa shape index (κ1) is 26.3. The molecule has 9 nitrogen and oxygen atoms in total. The molecule has 3 heterocycles. The lowest BCUT2D eigenvalue weighted by molar-refractivity contribution is -0.121. The molecule has 0 radical (unpaired) electrons. The Morgan fingerprint density at radius 1 is 1.13 bits per heavy atom. The van der Waals surface area contributed by atoms with Crippen LogP contribution in [0.5, 0.6) is 5.75 Å². The lowest BCUT2D eigenvalue weighted by Gasteiger charge is -2.21. The van der Waals surface area contributed by atoms with Gasteiger partial charge >= 0.3 is 0 Å². The van der Waals surface area contributed by atoms with Crippen LogP contribution in [0.3, 0.4) is 0 Å². The second kappa shape index (κ2) is 11.5. The predicted octanol–water partition coefficient (Wildman–Crippen LogP) is 3.53. The Morgan fingerprint density at radius 2 is 1.95 bits per heavy atom. The number of primary amides is 1. The van der Waals surface area contributed by atoms with Crippen molar-refractivity contribution in [2.75, 3.05) is 7.11 Å². The number of carbonyl (C=O) groups is 2. The fourth-order valence-corrected chi connectivity index (χ4v) is 4.26. The fourth-order valence-electron chi connectivity index (χ4n) is 4.09. The van der Waals surface area contributed by atoms with E-state index in [0.717, 1.165) is 5.56 Å². The summed E-state index contributed by atoms with van der Waals surface area (Å²) in [6.45, 7) is 0. The van der Waals surface area contributed by atoms with E-state index < -0.39 is 17.5 Å². The lowest BCUT2D eigenvalue weighted by Crippen LogP contribution is -2.32. The topological polar surface area (TPSA) is 141 Å². The van der Waals surface area contributed by atoms with Crippen molar-refractivity contribution >= 4 is 23.3 Å². The summed E-state index contributed by atoms with van der Waals surface area (Å²) in [6, 6.07) is 13.9. The third-order valence-electron chi connectivity index (χ3n) is 5.97. The molecule has 1 aromatic carbocycles. The number of pyridine rings is 3. The number of halogens is 1. The summed E-state index contributed by atoms with van der Waals surface area (Å²) >= 11 is 6.16. The highest BCUT2D eigenvalue weighted by molar-refractivity contribution is 6.31. The van der Waals surface area contributed by atoms with Crippen LogP contribution in [-0.2, 0) is 17.6 Å². The Bertz CT molecular complexity index is 1590. The standard InChI is InChI=1S/C28H22ClN5O4/c1-38-26-16-34(27(36)12-22(26)21-11-20(29)6-5-19(21)13-30)24(9-17-3-2-8-32-14-17)25(35)10-18-4-7-23(28(31)37)33-15-18/h2-8,11-12,14-16,24H,9-10H2,1H3,(H2,31,37). The number of amides is 1. The molecule has 0 spiro atoms. The number of hydrogen-bond acceptors (Lipinski definition) is 7. The number of nitrogens with two attached hydrogens (primary N) is 1. The molecule has 1 unspecified atom stereocenters. The molecule has 0 fully saturated rings. The van der Waals surface area contributed by atoms with Gasteiger partial charge in [-0.05, 0) is 41.5 Å². The van der Waals surface area contributed by atoms with E-state index >= 15 is 0 Å². The van der Waals surface area contributed by atoms with Gasteiger partial charge in [0.15, 0.2) is 5.78 Å². The maximum atomic E-state index is 13.6. The predicted molar refractivity (Wildman–Crippen MR) is 141 cm³/mol. The van der Waals surface area contributed by atoms with Gasteiger partial charge in [0.2, 0.25) is 0 Å². The molecule has 2 N–H and O–H groups in total. The molecule has 0 aliphatic heterocycles. The van der Waals surface area contributed by atoms with E-state index in [-0.39, 0.29) is 24.3 Å². The van der Waals surface area contributed by atoms with Crippen molar-refractivity contribution in [1.29, 1.82) is 5.26 Å². The molecule has 0 saturated carbocycles. The lowest BCUT2D eigenvalue weighted by atomic mass is 9.97. The van der Waals surface area contributed by atoms with Gasteiger partial charge in [0, 0.05) is 53.6 Å². The number of aromatic nitrogens is 3. The Kier molecular flexibility index (Phi) is 7.94. The van der Waals surface area contributed by atoms with Gasteiger partial charge in [-0.25, -0.2) is 0 Å². The van der Waals surface area contributed by atoms with E-state index in [1.165, 1.54) is 36.2 Å². The van der Waals surface area contributed by atoms with Gasteiger partial charge < -0.3 is 15.0 Å². The number of ether oxygens (including phenoxy) is 1. The Hall–Kier alpha value is -4.81. The van der Waals surface area contributed by atoms with E-state index in [1.54, 1.807) is 42.7 Å². The van der Waals surface area contributed by atoms with Crippen molar-refractivity contribution in [3.05, 3.63) is 111 Å². The quantitative estimate of drug-likeness (QED) is 0.351. The number of carbonyl (C=O) groups excluding carboxylic acids is 2. The highest BCUT2D eigenvalue weighted by atomic mass is 35.5. The molecule has 1 amide bonds. The van der Waals surface area contributed by atoms with Crippen LogP contribution in [0.25, 0.3) is 11.1 Å². The fraction of sp³-hybridized carbons (Fsp3) is 0.143. The number of nitriles is 1. The monoisotopic (exact) mass is 527 g/mol. The molecule has 0 aliphatic rings. The van der Waals surface area contributed by atoms with Gasteiger partial charge in [-0.15, -0.1) is 0 Å². The first-order chi connectivity index (χ1) is 18.3. The van der Waals surface area contributed by atoms with Crippen LogP contribution in [0.1, 0.15) is 33.2 Å². The van der Waals surface area contributed by atoms with E-state index in [9.17, 15) is 19.6 Å². The van der Waals surface area contributed by atoms with Gasteiger partial charge in [0.1, 0.15) is 11.4 Å². The molecule has 4 rings (SSSR count). The van der Waals surface area contributed by atoms with E-state index in [4.69, 9.17) is 22.1 Å². The van der Waals surface area contributed by atoms with Crippen molar-refractivity contribution in [1.82, 2.24) is 14.5 Å². The number of rotatable bonds is 9. The third-order valence-corrected chi connectivity index (χ3v) is 6.21. The maximum absolute atomic E-state index is 13.6.